The first-order valence-electron chi connectivity index (χ1n) is 8.70. The lowest BCUT2D eigenvalue weighted by Crippen LogP contribution is -2.37. The zero-order chi connectivity index (χ0) is 19.6. The molecule has 8 heteroatoms. The summed E-state index contributed by atoms with van der Waals surface area (Å²) in [6, 6.07) is 13.2. The third-order valence-corrected chi connectivity index (χ3v) is 6.54. The molecule has 6 nitrogen and oxygen atoms in total. The second-order valence-electron chi connectivity index (χ2n) is 6.37. The second-order valence-corrected chi connectivity index (χ2v) is 9.17. The summed E-state index contributed by atoms with van der Waals surface area (Å²) >= 11 is 2.09. The highest BCUT2D eigenvalue weighted by Gasteiger charge is 2.32. The van der Waals surface area contributed by atoms with Gasteiger partial charge in [0.15, 0.2) is 0 Å². The van der Waals surface area contributed by atoms with Crippen LogP contribution in [0, 0.1) is 3.57 Å². The number of urea groups is 1. The Morgan fingerprint density at radius 1 is 1.15 bits per heavy atom. The maximum atomic E-state index is 12.6. The first kappa shape index (κ1) is 19.9. The van der Waals surface area contributed by atoms with E-state index in [0.717, 1.165) is 9.99 Å². The fraction of sp³-hybridized carbons (Fsp3) is 0.316. The largest absolute Gasteiger partial charge is 0.379 e. The molecule has 0 aromatic heterocycles. The van der Waals surface area contributed by atoms with Crippen molar-refractivity contribution in [2.24, 2.45) is 0 Å². The molecule has 1 unspecified atom stereocenters. The van der Waals surface area contributed by atoms with E-state index in [4.69, 9.17) is 4.18 Å². The molecule has 0 radical (unpaired) electrons. The molecule has 2 aromatic rings. The van der Waals surface area contributed by atoms with Crippen molar-refractivity contribution in [2.75, 3.05) is 18.0 Å². The number of rotatable bonds is 6. The van der Waals surface area contributed by atoms with Crippen LogP contribution < -0.4 is 9.08 Å². The van der Waals surface area contributed by atoms with Crippen molar-refractivity contribution in [1.82, 2.24) is 4.90 Å². The van der Waals surface area contributed by atoms with Crippen LogP contribution in [-0.2, 0) is 10.1 Å². The minimum Gasteiger partial charge on any atom is -0.379 e. The van der Waals surface area contributed by atoms with Gasteiger partial charge in [0.05, 0.1) is 0 Å². The highest BCUT2D eigenvalue weighted by molar-refractivity contribution is 14.1. The first-order valence-corrected chi connectivity index (χ1v) is 11.2. The average molecular weight is 500 g/mol. The molecule has 2 amide bonds. The smallest absolute Gasteiger partial charge is 0.339 e. The van der Waals surface area contributed by atoms with E-state index in [2.05, 4.69) is 22.6 Å². The number of hydrogen-bond acceptors (Lipinski definition) is 4. The summed E-state index contributed by atoms with van der Waals surface area (Å²) in [6.45, 7) is 5.34. The molecule has 27 heavy (non-hydrogen) atoms. The van der Waals surface area contributed by atoms with Gasteiger partial charge >= 0.3 is 16.1 Å². The van der Waals surface area contributed by atoms with E-state index in [9.17, 15) is 13.2 Å². The Balaban J connectivity index is 1.76. The number of nitrogens with zero attached hydrogens (tertiary/aromatic N) is 2. The van der Waals surface area contributed by atoms with Gasteiger partial charge in [-0.15, -0.1) is 0 Å². The van der Waals surface area contributed by atoms with Crippen molar-refractivity contribution in [3.8, 4) is 5.75 Å². The van der Waals surface area contributed by atoms with Gasteiger partial charge in [0.1, 0.15) is 10.6 Å². The Kier molecular flexibility index (Phi) is 5.95. The molecule has 0 N–H and O–H groups in total. The van der Waals surface area contributed by atoms with Crippen LogP contribution in [-0.4, -0.2) is 38.5 Å². The van der Waals surface area contributed by atoms with Crippen LogP contribution in [0.15, 0.2) is 53.4 Å². The average Bonchev–Trinajstić information content (AvgIpc) is 3.02. The summed E-state index contributed by atoms with van der Waals surface area (Å²) in [5.41, 5.74) is 0.680. The van der Waals surface area contributed by atoms with Crippen LogP contribution in [0.2, 0.25) is 0 Å². The van der Waals surface area contributed by atoms with Crippen molar-refractivity contribution in [2.45, 2.75) is 31.2 Å². The van der Waals surface area contributed by atoms with Crippen molar-refractivity contribution < 1.29 is 17.4 Å². The monoisotopic (exact) mass is 500 g/mol. The van der Waals surface area contributed by atoms with Crippen LogP contribution in [0.25, 0.3) is 0 Å². The Morgan fingerprint density at radius 2 is 1.85 bits per heavy atom. The normalized spacial score (nSPS) is 15.9. The molecular formula is C19H21IN2O4S. The molecule has 1 atom stereocenters. The van der Waals surface area contributed by atoms with Crippen molar-refractivity contribution in [1.29, 1.82) is 0 Å². The van der Waals surface area contributed by atoms with E-state index in [-0.39, 0.29) is 22.7 Å². The van der Waals surface area contributed by atoms with Gasteiger partial charge in [0.2, 0.25) is 0 Å². The third kappa shape index (κ3) is 4.37. The van der Waals surface area contributed by atoms with E-state index in [0.29, 0.717) is 18.8 Å². The fourth-order valence-electron chi connectivity index (χ4n) is 2.91. The van der Waals surface area contributed by atoms with Gasteiger partial charge in [-0.2, -0.15) is 8.42 Å². The van der Waals surface area contributed by atoms with Gasteiger partial charge in [0, 0.05) is 28.4 Å². The standard InChI is InChI=1S/C19H21IN2O4S/c1-3-14(2)21-11-12-22(19(21)23)16-7-9-18(10-8-16)27(24,25)26-17-6-4-5-15(20)13-17/h4-10,13-14H,3,11-12H2,1-2H3. The van der Waals surface area contributed by atoms with Crippen LogP contribution in [0.4, 0.5) is 10.5 Å². The quantitative estimate of drug-likeness (QED) is 0.443. The molecule has 0 bridgehead atoms. The van der Waals surface area contributed by atoms with Crippen LogP contribution in [0.3, 0.4) is 0 Å². The molecule has 144 valence electrons. The van der Waals surface area contributed by atoms with Gasteiger partial charge in [-0.1, -0.05) is 13.0 Å². The highest BCUT2D eigenvalue weighted by atomic mass is 127. The molecule has 0 spiro atoms. The van der Waals surface area contributed by atoms with Crippen LogP contribution in [0.1, 0.15) is 20.3 Å². The lowest BCUT2D eigenvalue weighted by atomic mass is 10.2. The fourth-order valence-corrected chi connectivity index (χ4v) is 4.35. The zero-order valence-corrected chi connectivity index (χ0v) is 18.1. The Bertz CT molecular complexity index is 931. The van der Waals surface area contributed by atoms with E-state index in [1.165, 1.54) is 12.1 Å². The first-order chi connectivity index (χ1) is 12.8. The Morgan fingerprint density at radius 3 is 2.48 bits per heavy atom. The Hall–Kier alpha value is -1.81. The van der Waals surface area contributed by atoms with Crippen LogP contribution >= 0.6 is 22.6 Å². The summed E-state index contributed by atoms with van der Waals surface area (Å²) in [5.74, 6) is 0.268. The summed E-state index contributed by atoms with van der Waals surface area (Å²) < 4.78 is 31.0. The van der Waals surface area contributed by atoms with Gasteiger partial charge in [-0.25, -0.2) is 4.79 Å². The van der Waals surface area contributed by atoms with E-state index in [1.807, 2.05) is 24.8 Å². The van der Waals surface area contributed by atoms with Crippen molar-refractivity contribution in [3.05, 3.63) is 52.1 Å². The summed E-state index contributed by atoms with van der Waals surface area (Å²) in [7, 11) is -3.93. The summed E-state index contributed by atoms with van der Waals surface area (Å²) in [4.78, 5) is 16.1. The molecule has 1 fully saturated rings. The highest BCUT2D eigenvalue weighted by Crippen LogP contribution is 2.26. The third-order valence-electron chi connectivity index (χ3n) is 4.60. The minimum atomic E-state index is -3.93. The molecule has 1 aliphatic heterocycles. The van der Waals surface area contributed by atoms with E-state index < -0.39 is 10.1 Å². The molecular weight excluding hydrogens is 479 g/mol. The predicted octanol–water partition coefficient (Wildman–Crippen LogP) is 4.10. The van der Waals surface area contributed by atoms with Crippen LogP contribution in [0.5, 0.6) is 5.75 Å². The van der Waals surface area contributed by atoms with Gasteiger partial charge in [-0.3, -0.25) is 4.90 Å². The number of benzene rings is 2. The zero-order valence-electron chi connectivity index (χ0n) is 15.1. The topological polar surface area (TPSA) is 66.9 Å². The van der Waals surface area contributed by atoms with Crippen molar-refractivity contribution in [3.63, 3.8) is 0 Å². The van der Waals surface area contributed by atoms with Gasteiger partial charge < -0.3 is 9.08 Å². The van der Waals surface area contributed by atoms with Crippen molar-refractivity contribution >= 4 is 44.4 Å². The number of amides is 2. The molecule has 0 aliphatic carbocycles. The minimum absolute atomic E-state index is 0.0462. The molecule has 3 rings (SSSR count). The molecule has 1 heterocycles. The Labute approximate surface area is 173 Å². The van der Waals surface area contributed by atoms with E-state index >= 15 is 0 Å². The SMILES string of the molecule is CCC(C)N1CCN(c2ccc(S(=O)(=O)Oc3cccc(I)c3)cc2)C1=O. The molecule has 0 saturated carbocycles. The molecule has 1 saturated heterocycles. The summed E-state index contributed by atoms with van der Waals surface area (Å²) in [6.07, 6.45) is 0.895. The van der Waals surface area contributed by atoms with Gasteiger partial charge in [-0.05, 0) is 78.4 Å². The number of hydrogen-bond donors (Lipinski definition) is 0. The summed E-state index contributed by atoms with van der Waals surface area (Å²) in [5, 5.41) is 0. The number of carbonyl (C=O) groups excluding carboxylic acids is 1. The second kappa shape index (κ2) is 8.05. The van der Waals surface area contributed by atoms with Gasteiger partial charge in [0.25, 0.3) is 0 Å². The maximum absolute atomic E-state index is 12.6. The maximum Gasteiger partial charge on any atom is 0.339 e. The number of carbonyl (C=O) groups is 1. The molecule has 2 aromatic carbocycles. The lowest BCUT2D eigenvalue weighted by molar-refractivity contribution is 0.203. The lowest BCUT2D eigenvalue weighted by Gasteiger charge is -2.23. The predicted molar refractivity (Wildman–Crippen MR) is 113 cm³/mol. The molecule has 1 aliphatic rings. The number of halogens is 1. The van der Waals surface area contributed by atoms with E-state index in [1.54, 1.807) is 35.2 Å². The number of anilines is 1.